The van der Waals surface area contributed by atoms with Crippen molar-refractivity contribution in [1.29, 1.82) is 0 Å². The molecule has 4 N–H and O–H groups in total. The van der Waals surface area contributed by atoms with E-state index in [1.54, 1.807) is 93.1 Å². The maximum absolute atomic E-state index is 14.8. The lowest BCUT2D eigenvalue weighted by atomic mass is 9.79. The Bertz CT molecular complexity index is 2470. The molecule has 59 heavy (non-hydrogen) atoms. The average Bonchev–Trinajstić information content (AvgIpc) is 3.85. The number of hydrogen-bond acceptors (Lipinski definition) is 11. The van der Waals surface area contributed by atoms with Gasteiger partial charge in [0.2, 0.25) is 0 Å². The molecule has 298 valence electrons. The summed E-state index contributed by atoms with van der Waals surface area (Å²) in [6.07, 6.45) is -5.01. The lowest BCUT2D eigenvalue weighted by molar-refractivity contribution is -0.163. The number of rotatable bonds is 13. The molecule has 1 aliphatic heterocycles. The van der Waals surface area contributed by atoms with Crippen LogP contribution in [-0.2, 0) is 19.9 Å². The molecule has 0 spiro atoms. The molecular weight excluding hydrogens is 753 g/mol. The quantitative estimate of drug-likeness (QED) is 0.105. The van der Waals surface area contributed by atoms with Crippen LogP contribution in [0.25, 0.3) is 11.2 Å². The molecule has 1 unspecified atom stereocenters. The zero-order chi connectivity index (χ0) is 40.9. The second-order valence-electron chi connectivity index (χ2n) is 13.7. The molecule has 1 saturated heterocycles. The molecule has 5 atom stereocenters. The van der Waals surface area contributed by atoms with Crippen molar-refractivity contribution in [2.24, 2.45) is 0 Å². The van der Waals surface area contributed by atoms with Gasteiger partial charge in [-0.3, -0.25) is 14.2 Å². The molecule has 2 amide bonds. The highest BCUT2D eigenvalue weighted by Gasteiger charge is 2.53. The molecule has 14 nitrogen and oxygen atoms in total. The van der Waals surface area contributed by atoms with Gasteiger partial charge in [0.15, 0.2) is 29.3 Å². The summed E-state index contributed by atoms with van der Waals surface area (Å²) in [5.74, 6) is 0.265. The van der Waals surface area contributed by atoms with E-state index in [2.05, 4.69) is 25.6 Å². The number of imidazole rings is 1. The van der Waals surface area contributed by atoms with Crippen molar-refractivity contribution >= 4 is 34.5 Å². The number of aromatic nitrogens is 4. The molecule has 2 aromatic heterocycles. The van der Waals surface area contributed by atoms with Crippen molar-refractivity contribution in [2.45, 2.75) is 36.2 Å². The van der Waals surface area contributed by atoms with Crippen molar-refractivity contribution in [3.05, 3.63) is 174 Å². The Hall–Kier alpha value is -6.97. The smallest absolute Gasteiger partial charge is 0.256 e. The van der Waals surface area contributed by atoms with Crippen LogP contribution in [0.15, 0.2) is 152 Å². The lowest BCUT2D eigenvalue weighted by Crippen LogP contribution is -2.51. The summed E-state index contributed by atoms with van der Waals surface area (Å²) in [6.45, 7) is 0. The molecule has 5 aromatic carbocycles. The number of methoxy groups -OCH3 is 2. The van der Waals surface area contributed by atoms with E-state index in [9.17, 15) is 19.8 Å². The summed E-state index contributed by atoms with van der Waals surface area (Å²) in [4.78, 5) is 40.9. The molecule has 14 heteroatoms. The molecular formula is C45H40N6O8. The minimum Gasteiger partial charge on any atom is -0.497 e. The fourth-order valence-electron chi connectivity index (χ4n) is 7.29. The minimum atomic E-state index is -1.66. The first-order valence-corrected chi connectivity index (χ1v) is 18.7. The summed E-state index contributed by atoms with van der Waals surface area (Å²) in [5, 5.41) is 29.4. The van der Waals surface area contributed by atoms with E-state index in [0.717, 1.165) is 0 Å². The third-order valence-electron chi connectivity index (χ3n) is 10.3. The first-order valence-electron chi connectivity index (χ1n) is 18.7. The highest BCUT2D eigenvalue weighted by molar-refractivity contribution is 6.06. The molecule has 0 aliphatic carbocycles. The van der Waals surface area contributed by atoms with Gasteiger partial charge in [0, 0.05) is 11.3 Å². The third kappa shape index (κ3) is 7.60. The number of hydrogen-bond donors (Lipinski definition) is 4. The fourth-order valence-corrected chi connectivity index (χ4v) is 7.29. The Morgan fingerprint density at radius 2 is 1.25 bits per heavy atom. The van der Waals surface area contributed by atoms with Gasteiger partial charge < -0.3 is 39.8 Å². The van der Waals surface area contributed by atoms with E-state index >= 15 is 0 Å². The van der Waals surface area contributed by atoms with Crippen molar-refractivity contribution in [1.82, 2.24) is 19.5 Å². The SMILES string of the molecule is COc1ccc(C(OC(C(=O)Nc2ccccc2)[C@H]2O[C@@H](n3cnc4c(NC(=O)c5ccccc5)ncnc43)[C@H](O)[C@@H]2O)(c2ccccc2)c2ccc(OC)cc2)cc1. The zero-order valence-corrected chi connectivity index (χ0v) is 32.0. The standard InChI is InChI=1S/C45H40N6O8/c1-56-33-22-18-30(19-23-33)45(29-14-8-4-9-15-29,31-20-24-34(57-2)25-21-31)59-39(43(55)49-32-16-10-5-11-17-32)38-36(52)37(53)44(58-38)51-27-48-35-40(46-26-47-41(35)51)50-42(54)28-12-6-3-7-13-28/h3-27,36-39,44,52-53H,1-2H3,(H,49,55)(H,46,47,50,54)/t36-,37+,38-,39?,44+/m0/s1. The van der Waals surface area contributed by atoms with Crippen LogP contribution in [0, 0.1) is 0 Å². The van der Waals surface area contributed by atoms with E-state index in [1.165, 1.54) is 17.2 Å². The molecule has 1 fully saturated rings. The Morgan fingerprint density at radius 1 is 0.695 bits per heavy atom. The largest absolute Gasteiger partial charge is 0.497 e. The van der Waals surface area contributed by atoms with E-state index in [4.69, 9.17) is 18.9 Å². The number of aliphatic hydroxyl groups excluding tert-OH is 2. The van der Waals surface area contributed by atoms with Crippen LogP contribution in [-0.4, -0.2) is 80.2 Å². The number of carbonyl (C=O) groups is 2. The summed E-state index contributed by atoms with van der Waals surface area (Å²) in [7, 11) is 3.14. The number of aliphatic hydroxyl groups is 2. The Labute approximate surface area is 339 Å². The lowest BCUT2D eigenvalue weighted by Gasteiger charge is -2.40. The summed E-state index contributed by atoms with van der Waals surface area (Å²) in [6, 6.07) is 41.4. The van der Waals surface area contributed by atoms with Gasteiger partial charge in [-0.05, 0) is 65.2 Å². The van der Waals surface area contributed by atoms with Crippen molar-refractivity contribution in [3.63, 3.8) is 0 Å². The number of benzene rings is 5. The summed E-state index contributed by atoms with van der Waals surface area (Å²) >= 11 is 0. The van der Waals surface area contributed by atoms with Gasteiger partial charge >= 0.3 is 0 Å². The average molecular weight is 793 g/mol. The molecule has 8 rings (SSSR count). The van der Waals surface area contributed by atoms with Crippen LogP contribution in [0.2, 0.25) is 0 Å². The third-order valence-corrected chi connectivity index (χ3v) is 10.3. The second-order valence-corrected chi connectivity index (χ2v) is 13.7. The van der Waals surface area contributed by atoms with Crippen LogP contribution >= 0.6 is 0 Å². The predicted molar refractivity (Wildman–Crippen MR) is 218 cm³/mol. The van der Waals surface area contributed by atoms with Gasteiger partial charge in [0.25, 0.3) is 11.8 Å². The van der Waals surface area contributed by atoms with Gasteiger partial charge in [0.1, 0.15) is 41.7 Å². The molecule has 0 radical (unpaired) electrons. The topological polar surface area (TPSA) is 179 Å². The molecule has 1 aliphatic rings. The van der Waals surface area contributed by atoms with Gasteiger partial charge in [-0.1, -0.05) is 91.0 Å². The highest BCUT2D eigenvalue weighted by atomic mass is 16.6. The van der Waals surface area contributed by atoms with E-state index in [-0.39, 0.29) is 17.0 Å². The first kappa shape index (κ1) is 38.9. The Morgan fingerprint density at radius 3 is 1.85 bits per heavy atom. The van der Waals surface area contributed by atoms with E-state index in [1.807, 2.05) is 60.7 Å². The maximum Gasteiger partial charge on any atom is 0.256 e. The van der Waals surface area contributed by atoms with Crippen LogP contribution < -0.4 is 20.1 Å². The van der Waals surface area contributed by atoms with Crippen molar-refractivity contribution in [2.75, 3.05) is 24.9 Å². The molecule has 3 heterocycles. The number of amides is 2. The number of carbonyl (C=O) groups excluding carboxylic acids is 2. The maximum atomic E-state index is 14.8. The molecule has 0 saturated carbocycles. The van der Waals surface area contributed by atoms with Crippen LogP contribution in [0.5, 0.6) is 11.5 Å². The summed E-state index contributed by atoms with van der Waals surface area (Å²) in [5.41, 5.74) is 1.67. The Kier molecular flexibility index (Phi) is 11.1. The number of nitrogens with zero attached hydrogens (tertiary/aromatic N) is 4. The zero-order valence-electron chi connectivity index (χ0n) is 32.0. The highest BCUT2D eigenvalue weighted by Crippen LogP contribution is 2.45. The Balaban J connectivity index is 1.23. The van der Waals surface area contributed by atoms with Gasteiger partial charge in [0.05, 0.1) is 20.5 Å². The number of fused-ring (bicyclic) bond motifs is 1. The van der Waals surface area contributed by atoms with Gasteiger partial charge in [-0.15, -0.1) is 0 Å². The normalized spacial score (nSPS) is 18.2. The van der Waals surface area contributed by atoms with E-state index < -0.39 is 48.1 Å². The number of ether oxygens (including phenoxy) is 4. The number of para-hydroxylation sites is 1. The summed E-state index contributed by atoms with van der Waals surface area (Å²) < 4.78 is 26.2. The van der Waals surface area contributed by atoms with Gasteiger partial charge in [-0.25, -0.2) is 15.0 Å². The fraction of sp³-hybridized carbons (Fsp3) is 0.178. The van der Waals surface area contributed by atoms with Gasteiger partial charge in [-0.2, -0.15) is 0 Å². The molecule has 0 bridgehead atoms. The van der Waals surface area contributed by atoms with Crippen LogP contribution in [0.4, 0.5) is 11.5 Å². The van der Waals surface area contributed by atoms with E-state index in [0.29, 0.717) is 39.4 Å². The van der Waals surface area contributed by atoms with Crippen LogP contribution in [0.1, 0.15) is 33.3 Å². The van der Waals surface area contributed by atoms with Crippen LogP contribution in [0.3, 0.4) is 0 Å². The number of anilines is 2. The predicted octanol–water partition coefficient (Wildman–Crippen LogP) is 5.73. The minimum absolute atomic E-state index is 0.127. The number of nitrogens with one attached hydrogen (secondary N) is 2. The second kappa shape index (κ2) is 16.9. The van der Waals surface area contributed by atoms with Crippen molar-refractivity contribution in [3.8, 4) is 11.5 Å². The molecule has 7 aromatic rings. The monoisotopic (exact) mass is 792 g/mol. The first-order chi connectivity index (χ1) is 28.8. The van der Waals surface area contributed by atoms with Crippen molar-refractivity contribution < 1.29 is 38.7 Å².